The van der Waals surface area contributed by atoms with Crippen molar-refractivity contribution in [3.63, 3.8) is 0 Å². The Bertz CT molecular complexity index is 881. The van der Waals surface area contributed by atoms with E-state index in [0.29, 0.717) is 5.78 Å². The van der Waals surface area contributed by atoms with Gasteiger partial charge in [-0.15, -0.1) is 0 Å². The molecule has 3 heteroatoms. The van der Waals surface area contributed by atoms with Crippen molar-refractivity contribution in [1.29, 1.82) is 0 Å². The van der Waals surface area contributed by atoms with E-state index in [-0.39, 0.29) is 12.0 Å². The topological polar surface area (TPSA) is 32.7 Å². The van der Waals surface area contributed by atoms with Crippen molar-refractivity contribution in [2.45, 2.75) is 85.1 Å². The van der Waals surface area contributed by atoms with Crippen molar-refractivity contribution in [1.82, 2.24) is 4.90 Å². The van der Waals surface area contributed by atoms with Gasteiger partial charge in [-0.25, -0.2) is 4.99 Å². The van der Waals surface area contributed by atoms with Gasteiger partial charge in [0.25, 0.3) is 0 Å². The summed E-state index contributed by atoms with van der Waals surface area (Å²) >= 11 is 0. The highest BCUT2D eigenvalue weighted by molar-refractivity contribution is 6.06. The fourth-order valence-electron chi connectivity index (χ4n) is 4.47. The molecule has 1 aliphatic heterocycles. The molecule has 1 heterocycles. The fraction of sp³-hybridized carbons (Fsp3) is 0.517. The molecular weight excluding hydrogens is 392 g/mol. The van der Waals surface area contributed by atoms with Crippen LogP contribution in [0.15, 0.2) is 76.6 Å². The average molecular weight is 435 g/mol. The number of allylic oxidation sites excluding steroid dienone is 7. The number of carbonyl (C=O) groups excluding carboxylic acids is 1. The van der Waals surface area contributed by atoms with Crippen molar-refractivity contribution in [3.05, 3.63) is 71.7 Å². The Hall–Kier alpha value is -2.42. The zero-order valence-electron chi connectivity index (χ0n) is 21.0. The lowest BCUT2D eigenvalue weighted by Crippen LogP contribution is -2.37. The molecule has 0 radical (unpaired) electrons. The van der Waals surface area contributed by atoms with Crippen LogP contribution in [0, 0.1) is 5.92 Å². The van der Waals surface area contributed by atoms with Gasteiger partial charge < -0.3 is 4.90 Å². The molecule has 0 aromatic heterocycles. The van der Waals surface area contributed by atoms with Gasteiger partial charge in [0, 0.05) is 25.1 Å². The summed E-state index contributed by atoms with van der Waals surface area (Å²) in [7, 11) is 2.06. The van der Waals surface area contributed by atoms with Crippen molar-refractivity contribution >= 4 is 11.5 Å². The van der Waals surface area contributed by atoms with Crippen LogP contribution in [0.4, 0.5) is 0 Å². The van der Waals surface area contributed by atoms with Crippen molar-refractivity contribution < 1.29 is 4.79 Å². The van der Waals surface area contributed by atoms with E-state index in [9.17, 15) is 4.79 Å². The number of rotatable bonds is 12. The molecule has 2 rings (SSSR count). The first kappa shape index (κ1) is 25.8. The van der Waals surface area contributed by atoms with Gasteiger partial charge in [-0.3, -0.25) is 4.79 Å². The number of nitrogens with zero attached hydrogens (tertiary/aromatic N) is 2. The van der Waals surface area contributed by atoms with Crippen LogP contribution in [-0.4, -0.2) is 29.5 Å². The molecule has 0 amide bonds. The van der Waals surface area contributed by atoms with Crippen LogP contribution < -0.4 is 0 Å². The Balaban J connectivity index is 1.81. The van der Waals surface area contributed by atoms with Gasteiger partial charge in [0.1, 0.15) is 5.82 Å². The maximum atomic E-state index is 12.0. The molecule has 0 spiro atoms. The van der Waals surface area contributed by atoms with Gasteiger partial charge >= 0.3 is 0 Å². The van der Waals surface area contributed by atoms with Crippen LogP contribution in [-0.2, 0) is 4.79 Å². The molecule has 0 aromatic carbocycles. The number of hydrogen-bond donors (Lipinski definition) is 0. The van der Waals surface area contributed by atoms with Crippen molar-refractivity contribution in [2.75, 3.05) is 7.05 Å². The number of carbonyl (C=O) groups is 1. The molecule has 0 aromatic rings. The van der Waals surface area contributed by atoms with Gasteiger partial charge in [0.15, 0.2) is 5.78 Å². The lowest BCUT2D eigenvalue weighted by atomic mass is 9.75. The minimum absolute atomic E-state index is 0.138. The zero-order valence-corrected chi connectivity index (χ0v) is 21.0. The molecule has 2 unspecified atom stereocenters. The predicted molar refractivity (Wildman–Crippen MR) is 139 cm³/mol. The van der Waals surface area contributed by atoms with Crippen molar-refractivity contribution in [2.24, 2.45) is 10.9 Å². The molecule has 174 valence electrons. The lowest BCUT2D eigenvalue weighted by molar-refractivity contribution is -0.120. The van der Waals surface area contributed by atoms with Gasteiger partial charge in [-0.2, -0.15) is 0 Å². The Morgan fingerprint density at radius 3 is 2.56 bits per heavy atom. The average Bonchev–Trinajstić information content (AvgIpc) is 2.78. The Labute approximate surface area is 196 Å². The largest absolute Gasteiger partial charge is 0.353 e. The normalized spacial score (nSPS) is 22.7. The van der Waals surface area contributed by atoms with E-state index in [2.05, 4.69) is 58.5 Å². The van der Waals surface area contributed by atoms with E-state index in [4.69, 9.17) is 4.99 Å². The summed E-state index contributed by atoms with van der Waals surface area (Å²) in [5, 5.41) is 0. The first-order valence-corrected chi connectivity index (χ1v) is 12.1. The van der Waals surface area contributed by atoms with E-state index < -0.39 is 0 Å². The van der Waals surface area contributed by atoms with Crippen LogP contribution in [0.1, 0.15) is 79.1 Å². The van der Waals surface area contributed by atoms with Gasteiger partial charge in [0.2, 0.25) is 0 Å². The predicted octanol–water partition coefficient (Wildman–Crippen LogP) is 7.50. The minimum atomic E-state index is 0.138. The Morgan fingerprint density at radius 2 is 1.97 bits per heavy atom. The van der Waals surface area contributed by atoms with Gasteiger partial charge in [-0.1, -0.05) is 68.9 Å². The van der Waals surface area contributed by atoms with Crippen LogP contribution in [0.5, 0.6) is 0 Å². The SMILES string of the molecule is C=C/C=C1/N=C(C(=C)CCCCC/C=C(\CC)CC2=C(C)C(C)C2=O)CC(C(=C)C)N1C. The Morgan fingerprint density at radius 1 is 1.25 bits per heavy atom. The number of Topliss-reactive ketones (excluding diaryl/α,β-unsaturated/α-hetero) is 1. The molecule has 32 heavy (non-hydrogen) atoms. The third-order valence-corrected chi connectivity index (χ3v) is 7.00. The minimum Gasteiger partial charge on any atom is -0.353 e. The van der Waals surface area contributed by atoms with Crippen LogP contribution in [0.25, 0.3) is 0 Å². The molecular formula is C29H42N2O. The number of ketones is 1. The fourth-order valence-corrected chi connectivity index (χ4v) is 4.47. The molecule has 2 atom stereocenters. The zero-order chi connectivity index (χ0) is 23.8. The number of aliphatic imine (C=N–C) groups is 1. The third-order valence-electron chi connectivity index (χ3n) is 7.00. The smallest absolute Gasteiger partial charge is 0.165 e. The van der Waals surface area contributed by atoms with Crippen LogP contribution >= 0.6 is 0 Å². The van der Waals surface area contributed by atoms with Crippen LogP contribution in [0.2, 0.25) is 0 Å². The van der Waals surface area contributed by atoms with Crippen LogP contribution in [0.3, 0.4) is 0 Å². The second-order valence-corrected chi connectivity index (χ2v) is 9.34. The third kappa shape index (κ3) is 6.31. The van der Waals surface area contributed by atoms with E-state index in [0.717, 1.165) is 66.8 Å². The quantitative estimate of drug-likeness (QED) is 0.235. The van der Waals surface area contributed by atoms with Crippen molar-refractivity contribution in [3.8, 4) is 0 Å². The Kier molecular flexibility index (Phi) is 9.68. The summed E-state index contributed by atoms with van der Waals surface area (Å²) in [6, 6.07) is 0.257. The summed E-state index contributed by atoms with van der Waals surface area (Å²) in [6.07, 6.45) is 14.4. The highest BCUT2D eigenvalue weighted by atomic mass is 16.1. The molecule has 0 bridgehead atoms. The molecule has 0 saturated carbocycles. The van der Waals surface area contributed by atoms with E-state index >= 15 is 0 Å². The molecule has 2 aliphatic rings. The summed E-state index contributed by atoms with van der Waals surface area (Å²) in [5.41, 5.74) is 7.12. The lowest BCUT2D eigenvalue weighted by Gasteiger charge is -2.35. The second kappa shape index (κ2) is 12.0. The maximum Gasteiger partial charge on any atom is 0.165 e. The maximum absolute atomic E-state index is 12.0. The molecule has 0 fully saturated rings. The summed E-state index contributed by atoms with van der Waals surface area (Å²) in [4.78, 5) is 19.1. The van der Waals surface area contributed by atoms with E-state index in [1.54, 1.807) is 6.08 Å². The molecule has 1 aliphatic carbocycles. The van der Waals surface area contributed by atoms with Gasteiger partial charge in [0.05, 0.1) is 6.04 Å². The van der Waals surface area contributed by atoms with Gasteiger partial charge in [-0.05, 0) is 69.6 Å². The van der Waals surface area contributed by atoms with E-state index in [1.807, 2.05) is 13.0 Å². The highest BCUT2D eigenvalue weighted by Gasteiger charge is 2.32. The summed E-state index contributed by atoms with van der Waals surface area (Å²) < 4.78 is 0. The molecule has 0 N–H and O–H groups in total. The standard InChI is InChI=1S/C29H42N2O/c1-9-15-28-30-26(19-27(20(3)4)31(28)8)21(5)16-13-11-12-14-17-24(10-2)18-25-22(6)23(7)29(25)32/h9,15,17,23,27H,1,3,5,10-14,16,18-19H2,2,4,6-8H3/b24-17+,28-15-. The first-order valence-electron chi connectivity index (χ1n) is 12.1. The number of unbranched alkanes of at least 4 members (excludes halogenated alkanes) is 3. The highest BCUT2D eigenvalue weighted by Crippen LogP contribution is 2.35. The number of hydrogen-bond acceptors (Lipinski definition) is 3. The molecule has 0 saturated heterocycles. The summed E-state index contributed by atoms with van der Waals surface area (Å²) in [6.45, 7) is 20.7. The summed E-state index contributed by atoms with van der Waals surface area (Å²) in [5.74, 6) is 1.41. The second-order valence-electron chi connectivity index (χ2n) is 9.34. The molecule has 3 nitrogen and oxygen atoms in total. The first-order chi connectivity index (χ1) is 15.2. The monoisotopic (exact) mass is 434 g/mol. The number of likely N-dealkylation sites (N-methyl/N-ethyl adjacent to an activating group) is 1. The van der Waals surface area contributed by atoms with E-state index in [1.165, 1.54) is 24.0 Å².